The van der Waals surface area contributed by atoms with E-state index in [0.717, 1.165) is 0 Å². The molecule has 0 aliphatic rings. The highest BCUT2D eigenvalue weighted by molar-refractivity contribution is 5.75. The average Bonchev–Trinajstić information content (AvgIpc) is 2.76. The van der Waals surface area contributed by atoms with Gasteiger partial charge in [0.15, 0.2) is 0 Å². The lowest BCUT2D eigenvalue weighted by Crippen LogP contribution is -1.95. The Bertz CT molecular complexity index is 780. The predicted octanol–water partition coefficient (Wildman–Crippen LogP) is 3.66. The Balaban J connectivity index is 2.19. The highest BCUT2D eigenvalue weighted by Crippen LogP contribution is 2.29. The maximum Gasteiger partial charge on any atom is 0.263 e. The molecule has 2 aromatic heterocycles. The van der Waals surface area contributed by atoms with Crippen LogP contribution in [-0.2, 0) is 0 Å². The quantitative estimate of drug-likeness (QED) is 0.776. The van der Waals surface area contributed by atoms with Crippen LogP contribution in [0.5, 0.6) is 0 Å². The first-order chi connectivity index (χ1) is 9.56. The van der Waals surface area contributed by atoms with Crippen molar-refractivity contribution < 1.29 is 13.2 Å². The number of benzene rings is 1. The Kier molecular flexibility index (Phi) is 2.85. The fraction of sp³-hybridized carbons (Fsp3) is 0.0714. The van der Waals surface area contributed by atoms with E-state index < -0.39 is 12.2 Å². The van der Waals surface area contributed by atoms with Crippen molar-refractivity contribution in [3.63, 3.8) is 0 Å². The number of aromatic nitrogens is 2. The van der Waals surface area contributed by atoms with Crippen molar-refractivity contribution in [2.24, 2.45) is 0 Å². The van der Waals surface area contributed by atoms with Crippen molar-refractivity contribution in [1.82, 2.24) is 9.38 Å². The normalized spacial score (nSPS) is 11.4. The number of halogens is 3. The number of alkyl halides is 2. The molecule has 0 spiro atoms. The Morgan fingerprint density at radius 1 is 1.15 bits per heavy atom. The van der Waals surface area contributed by atoms with Gasteiger partial charge in [-0.2, -0.15) is 0 Å². The van der Waals surface area contributed by atoms with Crippen molar-refractivity contribution in [2.75, 3.05) is 5.73 Å². The van der Waals surface area contributed by atoms with Crippen LogP contribution >= 0.6 is 0 Å². The summed E-state index contributed by atoms with van der Waals surface area (Å²) in [4.78, 5) is 4.25. The topological polar surface area (TPSA) is 43.3 Å². The zero-order valence-corrected chi connectivity index (χ0v) is 10.2. The number of fused-ring (bicyclic) bond motifs is 1. The Morgan fingerprint density at radius 3 is 2.70 bits per heavy atom. The summed E-state index contributed by atoms with van der Waals surface area (Å²) < 4.78 is 40.0. The molecule has 0 unspecified atom stereocenters. The zero-order chi connectivity index (χ0) is 14.3. The van der Waals surface area contributed by atoms with E-state index in [-0.39, 0.29) is 11.4 Å². The van der Waals surface area contributed by atoms with E-state index in [1.807, 2.05) is 0 Å². The number of imidazole rings is 1. The van der Waals surface area contributed by atoms with Gasteiger partial charge in [-0.15, -0.1) is 0 Å². The third kappa shape index (κ3) is 1.99. The van der Waals surface area contributed by atoms with Gasteiger partial charge in [-0.05, 0) is 18.2 Å². The minimum Gasteiger partial charge on any atom is -0.383 e. The van der Waals surface area contributed by atoms with E-state index >= 15 is 0 Å². The first kappa shape index (κ1) is 12.5. The molecule has 3 aromatic rings. The summed E-state index contributed by atoms with van der Waals surface area (Å²) >= 11 is 0. The maximum absolute atomic E-state index is 13.2. The second kappa shape index (κ2) is 4.56. The maximum atomic E-state index is 13.2. The van der Waals surface area contributed by atoms with Crippen LogP contribution in [0.15, 0.2) is 42.6 Å². The Morgan fingerprint density at radius 2 is 1.95 bits per heavy atom. The second-order valence-corrected chi connectivity index (χ2v) is 4.35. The van der Waals surface area contributed by atoms with E-state index in [4.69, 9.17) is 5.73 Å². The number of nitrogen functional groups attached to an aromatic ring is 1. The number of pyridine rings is 1. The smallest absolute Gasteiger partial charge is 0.263 e. The van der Waals surface area contributed by atoms with Gasteiger partial charge in [0.05, 0.1) is 0 Å². The van der Waals surface area contributed by atoms with E-state index in [9.17, 15) is 13.2 Å². The van der Waals surface area contributed by atoms with Crippen LogP contribution in [-0.4, -0.2) is 9.38 Å². The van der Waals surface area contributed by atoms with Gasteiger partial charge >= 0.3 is 0 Å². The van der Waals surface area contributed by atoms with Crippen LogP contribution in [0, 0.1) is 5.82 Å². The predicted molar refractivity (Wildman–Crippen MR) is 70.0 cm³/mol. The number of hydrogen-bond donors (Lipinski definition) is 1. The van der Waals surface area contributed by atoms with Gasteiger partial charge in [-0.3, -0.25) is 4.40 Å². The van der Waals surface area contributed by atoms with Gasteiger partial charge in [0, 0.05) is 17.3 Å². The number of anilines is 1. The lowest BCUT2D eigenvalue weighted by Gasteiger charge is -2.03. The van der Waals surface area contributed by atoms with Crippen molar-refractivity contribution >= 4 is 11.5 Å². The van der Waals surface area contributed by atoms with E-state index in [2.05, 4.69) is 4.98 Å². The molecule has 0 amide bonds. The first-order valence-electron chi connectivity index (χ1n) is 5.88. The van der Waals surface area contributed by atoms with Crippen molar-refractivity contribution in [3.8, 4) is 11.3 Å². The van der Waals surface area contributed by atoms with E-state index in [0.29, 0.717) is 16.9 Å². The molecule has 0 fully saturated rings. The molecule has 2 heterocycles. The summed E-state index contributed by atoms with van der Waals surface area (Å²) in [5, 5.41) is 0. The monoisotopic (exact) mass is 277 g/mol. The van der Waals surface area contributed by atoms with Gasteiger partial charge in [0.2, 0.25) is 0 Å². The highest BCUT2D eigenvalue weighted by Gasteiger charge is 2.14. The van der Waals surface area contributed by atoms with E-state index in [1.54, 1.807) is 6.07 Å². The molecule has 0 atom stereocenters. The molecule has 2 N–H and O–H groups in total. The third-order valence-corrected chi connectivity index (χ3v) is 3.03. The zero-order valence-electron chi connectivity index (χ0n) is 10.2. The molecule has 20 heavy (non-hydrogen) atoms. The summed E-state index contributed by atoms with van der Waals surface area (Å²) in [5.74, 6) is -0.236. The summed E-state index contributed by atoms with van der Waals surface area (Å²) in [5.41, 5.74) is 7.10. The fourth-order valence-electron chi connectivity index (χ4n) is 2.07. The molecule has 3 nitrogen and oxygen atoms in total. The van der Waals surface area contributed by atoms with Crippen LogP contribution in [0.25, 0.3) is 16.9 Å². The van der Waals surface area contributed by atoms with Crippen molar-refractivity contribution in [2.45, 2.75) is 6.43 Å². The van der Waals surface area contributed by atoms with E-state index in [1.165, 1.54) is 40.9 Å². The molecule has 0 saturated carbocycles. The minimum absolute atomic E-state index is 0.106. The average molecular weight is 277 g/mol. The van der Waals surface area contributed by atoms with Crippen LogP contribution in [0.3, 0.4) is 0 Å². The number of rotatable bonds is 2. The number of hydrogen-bond acceptors (Lipinski definition) is 2. The summed E-state index contributed by atoms with van der Waals surface area (Å²) in [6.07, 6.45) is -1.36. The van der Waals surface area contributed by atoms with Crippen LogP contribution < -0.4 is 5.73 Å². The molecule has 0 bridgehead atoms. The SMILES string of the molecule is Nc1c(-c2cccc(C(F)F)c2)nc2ccc(F)cn12. The van der Waals surface area contributed by atoms with Gasteiger partial charge < -0.3 is 5.73 Å². The molecule has 102 valence electrons. The van der Waals surface area contributed by atoms with Crippen molar-refractivity contribution in [3.05, 3.63) is 54.0 Å². The van der Waals surface area contributed by atoms with Gasteiger partial charge in [-0.1, -0.05) is 18.2 Å². The minimum atomic E-state index is -2.56. The summed E-state index contributed by atoms with van der Waals surface area (Å²) in [7, 11) is 0. The Labute approximate surface area is 112 Å². The summed E-state index contributed by atoms with van der Waals surface area (Å²) in [6.45, 7) is 0. The third-order valence-electron chi connectivity index (χ3n) is 3.03. The molecule has 0 aliphatic heterocycles. The first-order valence-corrected chi connectivity index (χ1v) is 5.88. The molecule has 6 heteroatoms. The molecule has 3 rings (SSSR count). The van der Waals surface area contributed by atoms with Gasteiger partial charge in [-0.25, -0.2) is 18.2 Å². The number of nitrogens with zero attached hydrogens (tertiary/aromatic N) is 2. The molecule has 1 aromatic carbocycles. The molecular weight excluding hydrogens is 267 g/mol. The number of nitrogens with two attached hydrogens (primary N) is 1. The van der Waals surface area contributed by atoms with Crippen LogP contribution in [0.4, 0.5) is 19.0 Å². The van der Waals surface area contributed by atoms with Gasteiger partial charge in [0.1, 0.15) is 23.0 Å². The van der Waals surface area contributed by atoms with Crippen LogP contribution in [0.2, 0.25) is 0 Å². The lowest BCUT2D eigenvalue weighted by molar-refractivity contribution is 0.151. The highest BCUT2D eigenvalue weighted by atomic mass is 19.3. The lowest BCUT2D eigenvalue weighted by atomic mass is 10.1. The van der Waals surface area contributed by atoms with Crippen molar-refractivity contribution in [1.29, 1.82) is 0 Å². The van der Waals surface area contributed by atoms with Gasteiger partial charge in [0.25, 0.3) is 6.43 Å². The molecule has 0 aliphatic carbocycles. The largest absolute Gasteiger partial charge is 0.383 e. The molecule has 0 radical (unpaired) electrons. The summed E-state index contributed by atoms with van der Waals surface area (Å²) in [6, 6.07) is 8.56. The standard InChI is InChI=1S/C14H10F3N3/c15-10-4-5-11-19-12(14(18)20(11)7-10)8-2-1-3-9(6-8)13(16)17/h1-7,13H,18H2. The second-order valence-electron chi connectivity index (χ2n) is 4.35. The fourth-order valence-corrected chi connectivity index (χ4v) is 2.07. The Hall–Kier alpha value is -2.50. The molecule has 0 saturated heterocycles. The van der Waals surface area contributed by atoms with Crippen LogP contribution in [0.1, 0.15) is 12.0 Å². The molecular formula is C14H10F3N3.